The van der Waals surface area contributed by atoms with Gasteiger partial charge in [0.15, 0.2) is 0 Å². The Hall–Kier alpha value is -1.26. The van der Waals surface area contributed by atoms with Gasteiger partial charge in [0.05, 0.1) is 15.6 Å². The minimum absolute atomic E-state index is 0.0857. The van der Waals surface area contributed by atoms with Crippen LogP contribution in [0.2, 0.25) is 10.0 Å². The molecule has 0 radical (unpaired) electrons. The topological polar surface area (TPSA) is 58.2 Å². The van der Waals surface area contributed by atoms with Crippen molar-refractivity contribution in [3.8, 4) is 0 Å². The summed E-state index contributed by atoms with van der Waals surface area (Å²) >= 11 is 11.9. The van der Waals surface area contributed by atoms with E-state index in [1.807, 2.05) is 19.9 Å². The third-order valence-electron chi connectivity index (χ3n) is 3.39. The fourth-order valence-corrected chi connectivity index (χ4v) is 2.46. The molecule has 0 bridgehead atoms. The summed E-state index contributed by atoms with van der Waals surface area (Å²) in [7, 11) is 0. The van der Waals surface area contributed by atoms with Crippen molar-refractivity contribution in [2.75, 3.05) is 0 Å². The molecule has 2 amide bonds. The van der Waals surface area contributed by atoms with Crippen molar-refractivity contribution in [2.24, 2.45) is 0 Å². The van der Waals surface area contributed by atoms with Gasteiger partial charge in [-0.05, 0) is 38.0 Å². The van der Waals surface area contributed by atoms with Gasteiger partial charge in [-0.2, -0.15) is 0 Å². The molecule has 1 fully saturated rings. The molecule has 1 aromatic carbocycles. The minimum atomic E-state index is -0.599. The van der Waals surface area contributed by atoms with Crippen molar-refractivity contribution in [1.82, 2.24) is 10.6 Å². The molecule has 6 heteroatoms. The number of carbonyl (C=O) groups is 2. The fourth-order valence-electron chi connectivity index (χ4n) is 2.16. The summed E-state index contributed by atoms with van der Waals surface area (Å²) in [5.41, 5.74) is 0.253. The molecule has 2 N–H and O–H groups in total. The first-order chi connectivity index (χ1) is 9.29. The van der Waals surface area contributed by atoms with Crippen LogP contribution >= 0.6 is 23.2 Å². The average Bonchev–Trinajstić information content (AvgIpc) is 2.79. The van der Waals surface area contributed by atoms with E-state index in [0.29, 0.717) is 22.9 Å². The Kier molecular flexibility index (Phi) is 4.25. The molecule has 1 aliphatic rings. The number of benzene rings is 1. The van der Waals surface area contributed by atoms with E-state index < -0.39 is 11.6 Å². The van der Waals surface area contributed by atoms with Gasteiger partial charge >= 0.3 is 0 Å². The van der Waals surface area contributed by atoms with Gasteiger partial charge in [0.25, 0.3) is 0 Å². The second-order valence-electron chi connectivity index (χ2n) is 5.40. The van der Waals surface area contributed by atoms with E-state index in [1.54, 1.807) is 12.1 Å². The maximum absolute atomic E-state index is 12.1. The van der Waals surface area contributed by atoms with E-state index in [9.17, 15) is 9.59 Å². The number of hydrogen-bond donors (Lipinski definition) is 2. The van der Waals surface area contributed by atoms with E-state index in [0.717, 1.165) is 5.56 Å². The van der Waals surface area contributed by atoms with Crippen molar-refractivity contribution < 1.29 is 9.59 Å². The van der Waals surface area contributed by atoms with Crippen LogP contribution in [0, 0.1) is 0 Å². The first-order valence-corrected chi connectivity index (χ1v) is 7.12. The van der Waals surface area contributed by atoms with Gasteiger partial charge in [-0.15, -0.1) is 0 Å². The number of nitrogens with one attached hydrogen (secondary N) is 2. The van der Waals surface area contributed by atoms with Crippen LogP contribution in [0.4, 0.5) is 0 Å². The Morgan fingerprint density at radius 1 is 1.35 bits per heavy atom. The zero-order valence-corrected chi connectivity index (χ0v) is 12.8. The van der Waals surface area contributed by atoms with Crippen LogP contribution in [0.1, 0.15) is 32.3 Å². The zero-order valence-electron chi connectivity index (χ0n) is 11.3. The van der Waals surface area contributed by atoms with E-state index in [2.05, 4.69) is 10.6 Å². The average molecular weight is 315 g/mol. The third-order valence-corrected chi connectivity index (χ3v) is 4.13. The highest BCUT2D eigenvalue weighted by Crippen LogP contribution is 2.28. The van der Waals surface area contributed by atoms with Gasteiger partial charge in [0.2, 0.25) is 11.8 Å². The van der Waals surface area contributed by atoms with Crippen LogP contribution in [-0.4, -0.2) is 17.9 Å². The molecule has 1 saturated heterocycles. The van der Waals surface area contributed by atoms with Crippen molar-refractivity contribution in [2.45, 2.75) is 38.3 Å². The molecule has 108 valence electrons. The lowest BCUT2D eigenvalue weighted by Gasteiger charge is -2.28. The van der Waals surface area contributed by atoms with Crippen LogP contribution in [0.15, 0.2) is 18.2 Å². The lowest BCUT2D eigenvalue weighted by atomic mass is 9.94. The molecule has 1 unspecified atom stereocenters. The lowest BCUT2D eigenvalue weighted by Crippen LogP contribution is -2.49. The molecule has 4 nitrogen and oxygen atoms in total. The summed E-state index contributed by atoms with van der Waals surface area (Å²) in [5, 5.41) is 6.49. The van der Waals surface area contributed by atoms with Gasteiger partial charge < -0.3 is 10.6 Å². The minimum Gasteiger partial charge on any atom is -0.345 e. The highest BCUT2D eigenvalue weighted by Gasteiger charge is 2.31. The number of carbonyl (C=O) groups excluding carboxylic acids is 2. The molecule has 0 saturated carbocycles. The fraction of sp³-hybridized carbons (Fsp3) is 0.429. The van der Waals surface area contributed by atoms with Gasteiger partial charge in [-0.25, -0.2) is 0 Å². The van der Waals surface area contributed by atoms with Crippen LogP contribution in [0.5, 0.6) is 0 Å². The summed E-state index contributed by atoms with van der Waals surface area (Å²) in [4.78, 5) is 23.3. The highest BCUT2D eigenvalue weighted by molar-refractivity contribution is 6.42. The Morgan fingerprint density at radius 3 is 2.60 bits per heavy atom. The molecule has 0 aromatic heterocycles. The van der Waals surface area contributed by atoms with Crippen LogP contribution in [0.25, 0.3) is 0 Å². The SMILES string of the molecule is CC(C)(NC(=O)C1CCC(=O)N1)c1ccc(Cl)c(Cl)c1. The zero-order chi connectivity index (χ0) is 14.9. The first kappa shape index (κ1) is 15.1. The Morgan fingerprint density at radius 2 is 2.05 bits per heavy atom. The van der Waals surface area contributed by atoms with Crippen molar-refractivity contribution >= 4 is 35.0 Å². The van der Waals surface area contributed by atoms with Crippen molar-refractivity contribution in [3.05, 3.63) is 33.8 Å². The molecule has 20 heavy (non-hydrogen) atoms. The summed E-state index contributed by atoms with van der Waals surface area (Å²) in [6.07, 6.45) is 0.924. The van der Waals surface area contributed by atoms with E-state index in [-0.39, 0.29) is 11.8 Å². The van der Waals surface area contributed by atoms with Gasteiger partial charge in [0.1, 0.15) is 6.04 Å². The van der Waals surface area contributed by atoms with Crippen LogP contribution in [-0.2, 0) is 15.1 Å². The van der Waals surface area contributed by atoms with Crippen LogP contribution in [0.3, 0.4) is 0 Å². The maximum atomic E-state index is 12.1. The number of amides is 2. The monoisotopic (exact) mass is 314 g/mol. The highest BCUT2D eigenvalue weighted by atomic mass is 35.5. The first-order valence-electron chi connectivity index (χ1n) is 6.36. The van der Waals surface area contributed by atoms with Crippen LogP contribution < -0.4 is 10.6 Å². The normalized spacial score (nSPS) is 18.8. The quantitative estimate of drug-likeness (QED) is 0.901. The van der Waals surface area contributed by atoms with Gasteiger partial charge in [0, 0.05) is 6.42 Å². The molecular formula is C14H16Cl2N2O2. The van der Waals surface area contributed by atoms with E-state index in [1.165, 1.54) is 0 Å². The molecule has 0 aliphatic carbocycles. The predicted octanol–water partition coefficient (Wildman–Crippen LogP) is 2.62. The summed E-state index contributed by atoms with van der Waals surface area (Å²) in [5.74, 6) is -0.274. The van der Waals surface area contributed by atoms with Gasteiger partial charge in [-0.3, -0.25) is 9.59 Å². The molecule has 1 aliphatic heterocycles. The molecular weight excluding hydrogens is 299 g/mol. The molecule has 0 spiro atoms. The second-order valence-corrected chi connectivity index (χ2v) is 6.22. The molecule has 2 rings (SSSR count). The summed E-state index contributed by atoms with van der Waals surface area (Å²) < 4.78 is 0. The second kappa shape index (κ2) is 5.62. The summed E-state index contributed by atoms with van der Waals surface area (Å²) in [6.45, 7) is 3.75. The van der Waals surface area contributed by atoms with Crippen molar-refractivity contribution in [1.29, 1.82) is 0 Å². The number of hydrogen-bond acceptors (Lipinski definition) is 2. The summed E-state index contributed by atoms with van der Waals surface area (Å²) in [6, 6.07) is 4.80. The smallest absolute Gasteiger partial charge is 0.243 e. The molecule has 1 heterocycles. The molecule has 1 aromatic rings. The van der Waals surface area contributed by atoms with Crippen molar-refractivity contribution in [3.63, 3.8) is 0 Å². The molecule has 1 atom stereocenters. The standard InChI is InChI=1S/C14H16Cl2N2O2/c1-14(2,8-3-4-9(15)10(16)7-8)18-13(20)11-5-6-12(19)17-11/h3-4,7,11H,5-6H2,1-2H3,(H,17,19)(H,18,20). The third kappa shape index (κ3) is 3.25. The van der Waals surface area contributed by atoms with Gasteiger partial charge in [-0.1, -0.05) is 29.3 Å². The maximum Gasteiger partial charge on any atom is 0.243 e. The Balaban J connectivity index is 2.11. The number of rotatable bonds is 3. The predicted molar refractivity (Wildman–Crippen MR) is 78.8 cm³/mol. The lowest BCUT2D eigenvalue weighted by molar-refractivity contribution is -0.127. The number of halogens is 2. The Bertz CT molecular complexity index is 558. The Labute approximate surface area is 127 Å². The van der Waals surface area contributed by atoms with E-state index >= 15 is 0 Å². The van der Waals surface area contributed by atoms with E-state index in [4.69, 9.17) is 23.2 Å². The largest absolute Gasteiger partial charge is 0.345 e.